The molecule has 0 unspecified atom stereocenters. The van der Waals surface area contributed by atoms with E-state index in [0.29, 0.717) is 24.3 Å². The molecule has 0 fully saturated rings. The molecule has 1 heterocycles. The van der Waals surface area contributed by atoms with Crippen molar-refractivity contribution in [3.8, 4) is 0 Å². The van der Waals surface area contributed by atoms with Crippen molar-refractivity contribution in [3.05, 3.63) is 88.3 Å². The van der Waals surface area contributed by atoms with Crippen LogP contribution in [0.3, 0.4) is 0 Å². The largest absolute Gasteiger partial charge is 0.467 e. The van der Waals surface area contributed by atoms with Gasteiger partial charge in [-0.1, -0.05) is 40.2 Å². The Kier molecular flexibility index (Phi) is 7.08. The van der Waals surface area contributed by atoms with E-state index in [1.165, 1.54) is 4.90 Å². The number of esters is 1. The van der Waals surface area contributed by atoms with Gasteiger partial charge in [0.1, 0.15) is 5.76 Å². The second-order valence-corrected chi connectivity index (χ2v) is 7.35. The average molecular weight is 457 g/mol. The molecule has 0 bridgehead atoms. The van der Waals surface area contributed by atoms with Crippen molar-refractivity contribution in [2.75, 3.05) is 19.0 Å². The minimum Gasteiger partial charge on any atom is -0.467 e. The Bertz CT molecular complexity index is 955. The highest BCUT2D eigenvalue weighted by Gasteiger charge is 2.16. The summed E-state index contributed by atoms with van der Waals surface area (Å²) in [6.07, 6.45) is 1.59. The molecule has 7 heteroatoms. The Labute approximate surface area is 177 Å². The van der Waals surface area contributed by atoms with E-state index in [9.17, 15) is 9.59 Å². The smallest absolute Gasteiger partial charge is 0.340 e. The second-order valence-electron chi connectivity index (χ2n) is 6.43. The topological polar surface area (TPSA) is 71.8 Å². The highest BCUT2D eigenvalue weighted by atomic mass is 79.9. The summed E-state index contributed by atoms with van der Waals surface area (Å²) in [5, 5.41) is 3.15. The standard InChI is InChI=1S/C22H21BrN2O4/c1-25(14-16-8-10-17(23)11-9-16)21(26)15-29-22(27)19-6-2-3-7-20(19)24-13-18-5-4-12-28-18/h2-12,24H,13-15H2,1H3. The van der Waals surface area contributed by atoms with E-state index in [2.05, 4.69) is 21.2 Å². The van der Waals surface area contributed by atoms with Crippen molar-refractivity contribution in [3.63, 3.8) is 0 Å². The summed E-state index contributed by atoms with van der Waals surface area (Å²) in [6.45, 7) is 0.551. The number of ether oxygens (including phenoxy) is 1. The molecule has 3 aromatic rings. The third-order valence-electron chi connectivity index (χ3n) is 4.27. The van der Waals surface area contributed by atoms with Crippen LogP contribution in [0.1, 0.15) is 21.7 Å². The molecule has 0 spiro atoms. The van der Waals surface area contributed by atoms with Gasteiger partial charge >= 0.3 is 5.97 Å². The van der Waals surface area contributed by atoms with Gasteiger partial charge in [-0.05, 0) is 42.0 Å². The number of rotatable bonds is 8. The third kappa shape index (κ3) is 5.96. The molecule has 0 aliphatic heterocycles. The fraction of sp³-hybridized carbons (Fsp3) is 0.182. The molecule has 6 nitrogen and oxygen atoms in total. The zero-order valence-electron chi connectivity index (χ0n) is 15.9. The van der Waals surface area contributed by atoms with Crippen LogP contribution in [0.15, 0.2) is 75.8 Å². The van der Waals surface area contributed by atoms with Crippen LogP contribution in [0.25, 0.3) is 0 Å². The third-order valence-corrected chi connectivity index (χ3v) is 4.79. The number of benzene rings is 2. The van der Waals surface area contributed by atoms with E-state index in [1.54, 1.807) is 37.6 Å². The first-order valence-electron chi connectivity index (χ1n) is 9.04. The Hall–Kier alpha value is -3.06. The lowest BCUT2D eigenvalue weighted by Crippen LogP contribution is -2.30. The van der Waals surface area contributed by atoms with Gasteiger partial charge in [0.05, 0.1) is 18.4 Å². The van der Waals surface area contributed by atoms with Crippen LogP contribution >= 0.6 is 15.9 Å². The van der Waals surface area contributed by atoms with E-state index in [-0.39, 0.29) is 12.5 Å². The summed E-state index contributed by atoms with van der Waals surface area (Å²) < 4.78 is 11.5. The Morgan fingerprint density at radius 3 is 2.55 bits per heavy atom. The Balaban J connectivity index is 1.54. The molecular weight excluding hydrogens is 436 g/mol. The van der Waals surface area contributed by atoms with Crippen molar-refractivity contribution >= 4 is 33.5 Å². The number of furan rings is 1. The maximum atomic E-state index is 12.5. The van der Waals surface area contributed by atoms with Gasteiger partial charge in [-0.3, -0.25) is 4.79 Å². The van der Waals surface area contributed by atoms with Crippen LogP contribution in [-0.2, 0) is 22.6 Å². The molecule has 0 radical (unpaired) electrons. The van der Waals surface area contributed by atoms with Gasteiger partial charge in [0.15, 0.2) is 6.61 Å². The molecule has 0 atom stereocenters. The Morgan fingerprint density at radius 1 is 1.07 bits per heavy atom. The van der Waals surface area contributed by atoms with Crippen LogP contribution in [-0.4, -0.2) is 30.4 Å². The molecular formula is C22H21BrN2O4. The fourth-order valence-corrected chi connectivity index (χ4v) is 2.94. The highest BCUT2D eigenvalue weighted by molar-refractivity contribution is 9.10. The zero-order valence-corrected chi connectivity index (χ0v) is 17.5. The number of halogens is 1. The summed E-state index contributed by atoms with van der Waals surface area (Å²) >= 11 is 3.38. The summed E-state index contributed by atoms with van der Waals surface area (Å²) in [7, 11) is 1.68. The number of nitrogens with one attached hydrogen (secondary N) is 1. The van der Waals surface area contributed by atoms with Crippen molar-refractivity contribution in [2.24, 2.45) is 0 Å². The monoisotopic (exact) mass is 456 g/mol. The van der Waals surface area contributed by atoms with Crippen LogP contribution in [0.4, 0.5) is 5.69 Å². The Morgan fingerprint density at radius 2 is 1.83 bits per heavy atom. The summed E-state index contributed by atoms with van der Waals surface area (Å²) in [5.41, 5.74) is 1.97. The van der Waals surface area contributed by atoms with Crippen LogP contribution < -0.4 is 5.32 Å². The quantitative estimate of drug-likeness (QED) is 0.506. The number of carbonyl (C=O) groups excluding carboxylic acids is 2. The number of hydrogen-bond donors (Lipinski definition) is 1. The lowest BCUT2D eigenvalue weighted by molar-refractivity contribution is -0.133. The number of likely N-dealkylation sites (N-methyl/N-ethyl adjacent to an activating group) is 1. The predicted molar refractivity (Wildman–Crippen MR) is 113 cm³/mol. The van der Waals surface area contributed by atoms with Gasteiger partial charge in [-0.2, -0.15) is 0 Å². The van der Waals surface area contributed by atoms with Crippen molar-refractivity contribution < 1.29 is 18.7 Å². The van der Waals surface area contributed by atoms with Gasteiger partial charge < -0.3 is 19.4 Å². The molecule has 1 amide bonds. The van der Waals surface area contributed by atoms with Gasteiger partial charge in [0.2, 0.25) is 0 Å². The number of amides is 1. The van der Waals surface area contributed by atoms with E-state index >= 15 is 0 Å². The van der Waals surface area contributed by atoms with E-state index < -0.39 is 5.97 Å². The van der Waals surface area contributed by atoms with Gasteiger partial charge in [-0.25, -0.2) is 4.79 Å². The molecule has 3 rings (SSSR count). The molecule has 0 saturated heterocycles. The second kappa shape index (κ2) is 9.93. The maximum absolute atomic E-state index is 12.5. The van der Waals surface area contributed by atoms with Gasteiger partial charge in [0.25, 0.3) is 5.91 Å². The van der Waals surface area contributed by atoms with E-state index in [1.807, 2.05) is 36.4 Å². The van der Waals surface area contributed by atoms with Crippen LogP contribution in [0.5, 0.6) is 0 Å². The molecule has 0 aliphatic rings. The summed E-state index contributed by atoms with van der Waals surface area (Å²) in [6, 6.07) is 18.3. The minimum atomic E-state index is -0.557. The van der Waals surface area contributed by atoms with Gasteiger partial charge in [0, 0.05) is 23.8 Å². The van der Waals surface area contributed by atoms with Crippen LogP contribution in [0, 0.1) is 0 Å². The molecule has 0 saturated carbocycles. The summed E-state index contributed by atoms with van der Waals surface area (Å²) in [5.74, 6) is -0.0851. The van der Waals surface area contributed by atoms with Crippen LogP contribution in [0.2, 0.25) is 0 Å². The van der Waals surface area contributed by atoms with Crippen molar-refractivity contribution in [1.29, 1.82) is 0 Å². The maximum Gasteiger partial charge on any atom is 0.340 e. The highest BCUT2D eigenvalue weighted by Crippen LogP contribution is 2.18. The molecule has 2 aromatic carbocycles. The van der Waals surface area contributed by atoms with Gasteiger partial charge in [-0.15, -0.1) is 0 Å². The molecule has 0 aliphatic carbocycles. The summed E-state index contributed by atoms with van der Waals surface area (Å²) in [4.78, 5) is 26.3. The van der Waals surface area contributed by atoms with E-state index in [4.69, 9.17) is 9.15 Å². The van der Waals surface area contributed by atoms with Crippen molar-refractivity contribution in [1.82, 2.24) is 4.90 Å². The number of hydrogen-bond acceptors (Lipinski definition) is 5. The number of carbonyl (C=O) groups is 2. The molecule has 150 valence electrons. The van der Waals surface area contributed by atoms with Crippen molar-refractivity contribution in [2.45, 2.75) is 13.1 Å². The normalized spacial score (nSPS) is 10.4. The number of anilines is 1. The first kappa shape index (κ1) is 20.7. The fourth-order valence-electron chi connectivity index (χ4n) is 2.68. The lowest BCUT2D eigenvalue weighted by atomic mass is 10.2. The first-order valence-corrected chi connectivity index (χ1v) is 9.83. The number of para-hydroxylation sites is 1. The minimum absolute atomic E-state index is 0.276. The lowest BCUT2D eigenvalue weighted by Gasteiger charge is -2.17. The molecule has 29 heavy (non-hydrogen) atoms. The predicted octanol–water partition coefficient (Wildman–Crippen LogP) is 4.47. The zero-order chi connectivity index (χ0) is 20.6. The van der Waals surface area contributed by atoms with E-state index in [0.717, 1.165) is 15.8 Å². The average Bonchev–Trinajstić information content (AvgIpc) is 3.25. The molecule has 1 aromatic heterocycles. The molecule has 1 N–H and O–H groups in total. The SMILES string of the molecule is CN(Cc1ccc(Br)cc1)C(=O)COC(=O)c1ccccc1NCc1ccco1. The number of nitrogens with zero attached hydrogens (tertiary/aromatic N) is 1. The first-order chi connectivity index (χ1) is 14.0.